The average molecular weight is 291 g/mol. The van der Waals surface area contributed by atoms with Crippen LogP contribution in [-0.2, 0) is 16.0 Å². The SMILES string of the molecule is CC(C)(C)OC(=O)NC(=CCCc1ccccc1)C(=O)O. The summed E-state index contributed by atoms with van der Waals surface area (Å²) in [6.07, 6.45) is 1.93. The molecule has 0 heterocycles. The molecule has 114 valence electrons. The van der Waals surface area contributed by atoms with Gasteiger partial charge in [-0.05, 0) is 39.2 Å². The molecule has 0 radical (unpaired) electrons. The Bertz CT molecular complexity index is 515. The van der Waals surface area contributed by atoms with Crippen molar-refractivity contribution in [2.24, 2.45) is 0 Å². The van der Waals surface area contributed by atoms with Crippen molar-refractivity contribution in [1.29, 1.82) is 0 Å². The van der Waals surface area contributed by atoms with Crippen LogP contribution in [-0.4, -0.2) is 22.8 Å². The van der Waals surface area contributed by atoms with Crippen LogP contribution in [0.4, 0.5) is 4.79 Å². The first kappa shape index (κ1) is 16.8. The zero-order valence-corrected chi connectivity index (χ0v) is 12.6. The van der Waals surface area contributed by atoms with E-state index in [0.29, 0.717) is 12.8 Å². The fraction of sp³-hybridized carbons (Fsp3) is 0.375. The fourth-order valence-electron chi connectivity index (χ4n) is 1.63. The van der Waals surface area contributed by atoms with E-state index in [9.17, 15) is 9.59 Å². The van der Waals surface area contributed by atoms with Gasteiger partial charge in [0.15, 0.2) is 0 Å². The van der Waals surface area contributed by atoms with Crippen LogP contribution in [0.25, 0.3) is 0 Å². The normalized spacial score (nSPS) is 11.9. The summed E-state index contributed by atoms with van der Waals surface area (Å²) in [5.41, 5.74) is 0.272. The van der Waals surface area contributed by atoms with Crippen molar-refractivity contribution < 1.29 is 19.4 Å². The highest BCUT2D eigenvalue weighted by Gasteiger charge is 2.18. The van der Waals surface area contributed by atoms with Crippen LogP contribution in [0.15, 0.2) is 42.1 Å². The third-order valence-corrected chi connectivity index (χ3v) is 2.49. The number of alkyl carbamates (subject to hydrolysis) is 1. The number of hydrogen-bond donors (Lipinski definition) is 2. The zero-order chi connectivity index (χ0) is 15.9. The number of amides is 1. The second kappa shape index (κ2) is 7.47. The van der Waals surface area contributed by atoms with Crippen LogP contribution in [0.3, 0.4) is 0 Å². The molecule has 5 nitrogen and oxygen atoms in total. The Hall–Kier alpha value is -2.30. The van der Waals surface area contributed by atoms with E-state index in [2.05, 4.69) is 5.32 Å². The molecule has 0 saturated carbocycles. The van der Waals surface area contributed by atoms with Gasteiger partial charge in [0.25, 0.3) is 0 Å². The maximum absolute atomic E-state index is 11.6. The summed E-state index contributed by atoms with van der Waals surface area (Å²) in [5, 5.41) is 11.3. The Labute approximate surface area is 124 Å². The molecule has 0 aromatic heterocycles. The monoisotopic (exact) mass is 291 g/mol. The molecule has 0 aliphatic rings. The second-order valence-corrected chi connectivity index (χ2v) is 5.57. The highest BCUT2D eigenvalue weighted by molar-refractivity contribution is 5.90. The van der Waals surface area contributed by atoms with Crippen molar-refractivity contribution >= 4 is 12.1 Å². The van der Waals surface area contributed by atoms with E-state index in [4.69, 9.17) is 9.84 Å². The first-order chi connectivity index (χ1) is 9.78. The predicted octanol–water partition coefficient (Wildman–Crippen LogP) is 3.11. The summed E-state index contributed by atoms with van der Waals surface area (Å²) in [5.74, 6) is -1.19. The first-order valence-electron chi connectivity index (χ1n) is 6.75. The molecule has 0 bridgehead atoms. The molecule has 1 aromatic rings. The Kier molecular flexibility index (Phi) is 5.96. The highest BCUT2D eigenvalue weighted by Crippen LogP contribution is 2.08. The molecule has 1 amide bonds. The first-order valence-corrected chi connectivity index (χ1v) is 6.75. The number of carbonyl (C=O) groups excluding carboxylic acids is 1. The molecule has 0 atom stereocenters. The van der Waals surface area contributed by atoms with Crippen molar-refractivity contribution in [2.75, 3.05) is 0 Å². The van der Waals surface area contributed by atoms with Crippen molar-refractivity contribution in [2.45, 2.75) is 39.2 Å². The van der Waals surface area contributed by atoms with Crippen molar-refractivity contribution in [1.82, 2.24) is 5.32 Å². The molecule has 0 fully saturated rings. The van der Waals surface area contributed by atoms with E-state index in [-0.39, 0.29) is 5.70 Å². The van der Waals surface area contributed by atoms with Crippen molar-refractivity contribution in [3.8, 4) is 0 Å². The number of carboxylic acid groups (broad SMARTS) is 1. The van der Waals surface area contributed by atoms with E-state index in [0.717, 1.165) is 5.56 Å². The maximum Gasteiger partial charge on any atom is 0.412 e. The summed E-state index contributed by atoms with van der Waals surface area (Å²) < 4.78 is 5.03. The molecule has 0 aliphatic heterocycles. The molecule has 0 saturated heterocycles. The molecule has 2 N–H and O–H groups in total. The van der Waals surface area contributed by atoms with Gasteiger partial charge in [-0.2, -0.15) is 0 Å². The van der Waals surface area contributed by atoms with Crippen molar-refractivity contribution in [3.63, 3.8) is 0 Å². The van der Waals surface area contributed by atoms with Crippen LogP contribution >= 0.6 is 0 Å². The van der Waals surface area contributed by atoms with Crippen LogP contribution in [0, 0.1) is 0 Å². The molecule has 21 heavy (non-hydrogen) atoms. The van der Waals surface area contributed by atoms with Gasteiger partial charge in [-0.3, -0.25) is 5.32 Å². The number of hydrogen-bond acceptors (Lipinski definition) is 3. The van der Waals surface area contributed by atoms with Gasteiger partial charge in [0, 0.05) is 0 Å². The smallest absolute Gasteiger partial charge is 0.412 e. The van der Waals surface area contributed by atoms with E-state index in [1.54, 1.807) is 20.8 Å². The van der Waals surface area contributed by atoms with Crippen LogP contribution in [0.1, 0.15) is 32.8 Å². The molecular formula is C16H21NO4. The molecule has 5 heteroatoms. The summed E-state index contributed by atoms with van der Waals surface area (Å²) in [4.78, 5) is 22.7. The van der Waals surface area contributed by atoms with Crippen LogP contribution in [0.2, 0.25) is 0 Å². The number of carbonyl (C=O) groups is 2. The Balaban J connectivity index is 2.58. The van der Waals surface area contributed by atoms with Gasteiger partial charge >= 0.3 is 12.1 Å². The number of benzene rings is 1. The number of nitrogens with one attached hydrogen (secondary N) is 1. The number of rotatable bonds is 5. The summed E-state index contributed by atoms with van der Waals surface area (Å²) in [7, 11) is 0. The van der Waals surface area contributed by atoms with E-state index >= 15 is 0 Å². The number of ether oxygens (including phenoxy) is 1. The third-order valence-electron chi connectivity index (χ3n) is 2.49. The van der Waals surface area contributed by atoms with E-state index < -0.39 is 17.7 Å². The lowest BCUT2D eigenvalue weighted by atomic mass is 10.1. The minimum Gasteiger partial charge on any atom is -0.477 e. The number of allylic oxidation sites excluding steroid dienone is 1. The highest BCUT2D eigenvalue weighted by atomic mass is 16.6. The minimum absolute atomic E-state index is 0.166. The number of carboxylic acids is 1. The minimum atomic E-state index is -1.19. The topological polar surface area (TPSA) is 75.6 Å². The summed E-state index contributed by atoms with van der Waals surface area (Å²) >= 11 is 0. The fourth-order valence-corrected chi connectivity index (χ4v) is 1.63. The van der Waals surface area contributed by atoms with Crippen LogP contribution < -0.4 is 5.32 Å². The molecule has 0 spiro atoms. The standard InChI is InChI=1S/C16H21NO4/c1-16(2,3)21-15(20)17-13(14(18)19)11-7-10-12-8-5-4-6-9-12/h4-6,8-9,11H,7,10H2,1-3H3,(H,17,20)(H,18,19). The molecule has 0 aliphatic carbocycles. The summed E-state index contributed by atoms with van der Waals surface area (Å²) in [6, 6.07) is 9.71. The van der Waals surface area contributed by atoms with Crippen molar-refractivity contribution in [3.05, 3.63) is 47.7 Å². The zero-order valence-electron chi connectivity index (χ0n) is 12.6. The Morgan fingerprint density at radius 1 is 1.24 bits per heavy atom. The van der Waals surface area contributed by atoms with Gasteiger partial charge in [0.1, 0.15) is 11.3 Å². The quantitative estimate of drug-likeness (QED) is 0.817. The predicted molar refractivity (Wildman–Crippen MR) is 79.9 cm³/mol. The van der Waals surface area contributed by atoms with E-state index in [1.807, 2.05) is 30.3 Å². The Morgan fingerprint density at radius 2 is 1.86 bits per heavy atom. The molecule has 1 aromatic carbocycles. The van der Waals surface area contributed by atoms with Gasteiger partial charge in [0.2, 0.25) is 0 Å². The van der Waals surface area contributed by atoms with E-state index in [1.165, 1.54) is 6.08 Å². The van der Waals surface area contributed by atoms with Gasteiger partial charge < -0.3 is 9.84 Å². The molecule has 1 rings (SSSR count). The van der Waals surface area contributed by atoms with Crippen LogP contribution in [0.5, 0.6) is 0 Å². The number of aliphatic carboxylic acids is 1. The second-order valence-electron chi connectivity index (χ2n) is 5.57. The Morgan fingerprint density at radius 3 is 2.38 bits per heavy atom. The van der Waals surface area contributed by atoms with Gasteiger partial charge in [0.05, 0.1) is 0 Å². The average Bonchev–Trinajstić information content (AvgIpc) is 2.36. The lowest BCUT2D eigenvalue weighted by Crippen LogP contribution is -2.34. The third kappa shape index (κ3) is 7.15. The number of aryl methyl sites for hydroxylation is 1. The van der Waals surface area contributed by atoms with Gasteiger partial charge in [-0.15, -0.1) is 0 Å². The van der Waals surface area contributed by atoms with Gasteiger partial charge in [-0.25, -0.2) is 9.59 Å². The molecule has 0 unspecified atom stereocenters. The largest absolute Gasteiger partial charge is 0.477 e. The van der Waals surface area contributed by atoms with Gasteiger partial charge in [-0.1, -0.05) is 36.4 Å². The molecular weight excluding hydrogens is 270 g/mol. The summed E-state index contributed by atoms with van der Waals surface area (Å²) in [6.45, 7) is 5.14. The lowest BCUT2D eigenvalue weighted by Gasteiger charge is -2.19. The maximum atomic E-state index is 11.6. The lowest BCUT2D eigenvalue weighted by molar-refractivity contribution is -0.133.